The van der Waals surface area contributed by atoms with Gasteiger partial charge in [0.25, 0.3) is 0 Å². The van der Waals surface area contributed by atoms with E-state index in [1.807, 2.05) is 0 Å². The standard InChI is InChI=1S/C17H20F2N2O/c1-11-6-7-15-16(8-11)21-17(20-15)10-14(22)5-3-4-13(19)9-12(2)18/h3-4,9,11H,2,5-8,10H2,1H3,(H,20,21)/b4-3-,13-9+. The monoisotopic (exact) mass is 306 g/mol. The van der Waals surface area contributed by atoms with Crippen molar-refractivity contribution < 1.29 is 13.6 Å². The van der Waals surface area contributed by atoms with Gasteiger partial charge in [-0.1, -0.05) is 19.6 Å². The van der Waals surface area contributed by atoms with Crippen LogP contribution in [0.25, 0.3) is 0 Å². The summed E-state index contributed by atoms with van der Waals surface area (Å²) in [6.45, 7) is 5.14. The van der Waals surface area contributed by atoms with Crippen molar-refractivity contribution in [2.24, 2.45) is 5.92 Å². The minimum absolute atomic E-state index is 0.0673. The zero-order valence-corrected chi connectivity index (χ0v) is 12.7. The maximum atomic E-state index is 13.1. The molecule has 2 rings (SSSR count). The van der Waals surface area contributed by atoms with Gasteiger partial charge in [0.1, 0.15) is 23.3 Å². The molecule has 1 heterocycles. The lowest BCUT2D eigenvalue weighted by molar-refractivity contribution is -0.117. The molecule has 1 atom stereocenters. The average Bonchev–Trinajstić information content (AvgIpc) is 2.78. The molecule has 0 aromatic carbocycles. The fraction of sp³-hybridized carbons (Fsp3) is 0.412. The Kier molecular flexibility index (Phi) is 5.41. The van der Waals surface area contributed by atoms with E-state index in [0.717, 1.165) is 36.7 Å². The molecular formula is C17H20F2N2O. The fourth-order valence-electron chi connectivity index (χ4n) is 2.56. The predicted molar refractivity (Wildman–Crippen MR) is 81.7 cm³/mol. The van der Waals surface area contributed by atoms with Crippen LogP contribution in [0.1, 0.15) is 37.0 Å². The van der Waals surface area contributed by atoms with Gasteiger partial charge >= 0.3 is 0 Å². The number of carbonyl (C=O) groups is 1. The number of aromatic nitrogens is 2. The Hall–Kier alpha value is -2.04. The van der Waals surface area contributed by atoms with Crippen molar-refractivity contribution in [2.75, 3.05) is 0 Å². The van der Waals surface area contributed by atoms with Crippen LogP contribution in [0.2, 0.25) is 0 Å². The van der Waals surface area contributed by atoms with Crippen LogP contribution in [0.15, 0.2) is 36.5 Å². The molecule has 0 aliphatic heterocycles. The molecule has 1 aromatic heterocycles. The van der Waals surface area contributed by atoms with Gasteiger partial charge in [-0.2, -0.15) is 0 Å². The van der Waals surface area contributed by atoms with Gasteiger partial charge < -0.3 is 4.98 Å². The lowest BCUT2D eigenvalue weighted by Gasteiger charge is -2.15. The van der Waals surface area contributed by atoms with Crippen LogP contribution >= 0.6 is 0 Å². The third-order valence-corrected chi connectivity index (χ3v) is 3.62. The van der Waals surface area contributed by atoms with Crippen molar-refractivity contribution in [1.29, 1.82) is 0 Å². The minimum Gasteiger partial charge on any atom is -0.345 e. The third kappa shape index (κ3) is 4.76. The Morgan fingerprint density at radius 1 is 1.50 bits per heavy atom. The first-order chi connectivity index (χ1) is 10.4. The van der Waals surface area contributed by atoms with E-state index in [1.165, 1.54) is 6.08 Å². The second-order valence-corrected chi connectivity index (χ2v) is 5.75. The molecule has 22 heavy (non-hydrogen) atoms. The summed E-state index contributed by atoms with van der Waals surface area (Å²) in [7, 11) is 0. The van der Waals surface area contributed by atoms with Crippen LogP contribution in [0, 0.1) is 5.92 Å². The number of rotatable bonds is 6. The number of Topliss-reactive ketones (excluding diaryl/α,β-unsaturated/α-hetero) is 1. The summed E-state index contributed by atoms with van der Waals surface area (Å²) in [5, 5.41) is 0. The quantitative estimate of drug-likeness (QED) is 0.809. The van der Waals surface area contributed by atoms with E-state index in [2.05, 4.69) is 23.5 Å². The van der Waals surface area contributed by atoms with Crippen molar-refractivity contribution in [1.82, 2.24) is 9.97 Å². The van der Waals surface area contributed by atoms with Crippen LogP contribution in [-0.2, 0) is 24.1 Å². The van der Waals surface area contributed by atoms with E-state index >= 15 is 0 Å². The normalized spacial score (nSPS) is 18.5. The number of H-pyrrole nitrogens is 1. The Balaban J connectivity index is 1.88. The lowest BCUT2D eigenvalue weighted by atomic mass is 9.92. The molecular weight excluding hydrogens is 286 g/mol. The molecule has 1 aromatic rings. The number of ketones is 1. The lowest BCUT2D eigenvalue weighted by Crippen LogP contribution is -2.10. The zero-order chi connectivity index (χ0) is 16.1. The number of imidazole rings is 1. The number of aromatic amines is 1. The number of nitrogens with one attached hydrogen (secondary N) is 1. The van der Waals surface area contributed by atoms with Crippen molar-refractivity contribution >= 4 is 5.78 Å². The van der Waals surface area contributed by atoms with E-state index in [1.54, 1.807) is 0 Å². The Morgan fingerprint density at radius 3 is 3.00 bits per heavy atom. The van der Waals surface area contributed by atoms with E-state index in [-0.39, 0.29) is 18.6 Å². The Morgan fingerprint density at radius 2 is 2.27 bits per heavy atom. The summed E-state index contributed by atoms with van der Waals surface area (Å²) in [6.07, 6.45) is 6.44. The van der Waals surface area contributed by atoms with Crippen LogP contribution in [0.5, 0.6) is 0 Å². The molecule has 5 heteroatoms. The summed E-state index contributed by atoms with van der Waals surface area (Å²) in [5.41, 5.74) is 2.19. The van der Waals surface area contributed by atoms with Crippen molar-refractivity contribution in [3.05, 3.63) is 53.7 Å². The summed E-state index contributed by atoms with van der Waals surface area (Å²) < 4.78 is 25.4. The SMILES string of the molecule is C=C(F)/C=C(F)\C=C/CC(=O)Cc1nc2c([nH]1)CC(C)CC2. The van der Waals surface area contributed by atoms with Gasteiger partial charge in [0, 0.05) is 18.2 Å². The van der Waals surface area contributed by atoms with E-state index in [0.29, 0.717) is 17.8 Å². The molecule has 1 unspecified atom stereocenters. The number of hydrogen-bond donors (Lipinski definition) is 1. The zero-order valence-electron chi connectivity index (χ0n) is 12.7. The van der Waals surface area contributed by atoms with Crippen molar-refractivity contribution in [3.63, 3.8) is 0 Å². The minimum atomic E-state index is -0.858. The fourth-order valence-corrected chi connectivity index (χ4v) is 2.56. The molecule has 0 saturated heterocycles. The number of fused-ring (bicyclic) bond motifs is 1. The summed E-state index contributed by atoms with van der Waals surface area (Å²) >= 11 is 0. The topological polar surface area (TPSA) is 45.8 Å². The molecule has 0 saturated carbocycles. The number of carbonyl (C=O) groups excluding carboxylic acids is 1. The average molecular weight is 306 g/mol. The molecule has 0 bridgehead atoms. The molecule has 0 amide bonds. The Bertz CT molecular complexity index is 629. The smallest absolute Gasteiger partial charge is 0.144 e. The highest BCUT2D eigenvalue weighted by Crippen LogP contribution is 2.23. The highest BCUT2D eigenvalue weighted by Gasteiger charge is 2.19. The number of hydrogen-bond acceptors (Lipinski definition) is 2. The molecule has 0 spiro atoms. The molecule has 1 aliphatic carbocycles. The van der Waals surface area contributed by atoms with Crippen LogP contribution in [-0.4, -0.2) is 15.8 Å². The molecule has 118 valence electrons. The van der Waals surface area contributed by atoms with Crippen molar-refractivity contribution in [3.8, 4) is 0 Å². The maximum Gasteiger partial charge on any atom is 0.144 e. The summed E-state index contributed by atoms with van der Waals surface area (Å²) in [4.78, 5) is 19.5. The van der Waals surface area contributed by atoms with Gasteiger partial charge in [-0.05, 0) is 31.3 Å². The summed E-state index contributed by atoms with van der Waals surface area (Å²) in [6, 6.07) is 0. The van der Waals surface area contributed by atoms with Gasteiger partial charge in [-0.25, -0.2) is 13.8 Å². The van der Waals surface area contributed by atoms with E-state index in [4.69, 9.17) is 0 Å². The highest BCUT2D eigenvalue weighted by atomic mass is 19.1. The molecule has 1 aliphatic rings. The second-order valence-electron chi connectivity index (χ2n) is 5.75. The molecule has 1 N–H and O–H groups in total. The van der Waals surface area contributed by atoms with Crippen LogP contribution < -0.4 is 0 Å². The molecule has 3 nitrogen and oxygen atoms in total. The third-order valence-electron chi connectivity index (χ3n) is 3.62. The first kappa shape index (κ1) is 16.3. The number of aryl methyl sites for hydroxylation is 1. The van der Waals surface area contributed by atoms with Gasteiger partial charge in [0.05, 0.1) is 12.1 Å². The van der Waals surface area contributed by atoms with Gasteiger partial charge in [-0.15, -0.1) is 0 Å². The van der Waals surface area contributed by atoms with Crippen LogP contribution in [0.4, 0.5) is 8.78 Å². The largest absolute Gasteiger partial charge is 0.345 e. The van der Waals surface area contributed by atoms with Gasteiger partial charge in [0.2, 0.25) is 0 Å². The van der Waals surface area contributed by atoms with Crippen LogP contribution in [0.3, 0.4) is 0 Å². The van der Waals surface area contributed by atoms with Crippen molar-refractivity contribution in [2.45, 2.75) is 39.0 Å². The highest BCUT2D eigenvalue weighted by molar-refractivity contribution is 5.81. The Labute approximate surface area is 128 Å². The predicted octanol–water partition coefficient (Wildman–Crippen LogP) is 3.93. The van der Waals surface area contributed by atoms with E-state index < -0.39 is 11.7 Å². The first-order valence-electron chi connectivity index (χ1n) is 7.40. The maximum absolute atomic E-state index is 13.1. The van der Waals surface area contributed by atoms with E-state index in [9.17, 15) is 13.6 Å². The second kappa shape index (κ2) is 7.29. The number of nitrogens with zero attached hydrogens (tertiary/aromatic N) is 1. The first-order valence-corrected chi connectivity index (χ1v) is 7.40. The van der Waals surface area contributed by atoms with Gasteiger partial charge in [-0.3, -0.25) is 4.79 Å². The van der Waals surface area contributed by atoms with Gasteiger partial charge in [0.15, 0.2) is 0 Å². The summed E-state index contributed by atoms with van der Waals surface area (Å²) in [5.74, 6) is -0.376. The molecule has 0 fully saturated rings. The molecule has 0 radical (unpaired) electrons. The number of allylic oxidation sites excluding steroid dienone is 5. The number of halogens is 2.